The van der Waals surface area contributed by atoms with E-state index < -0.39 is 0 Å². The Hall–Kier alpha value is -1.23. The third-order valence-corrected chi connectivity index (χ3v) is 4.02. The summed E-state index contributed by atoms with van der Waals surface area (Å²) in [6.45, 7) is 9.62. The maximum Gasteiger partial charge on any atom is 0.148 e. The average Bonchev–Trinajstić information content (AvgIpc) is 2.66. The quantitative estimate of drug-likeness (QED) is 0.875. The molecule has 0 saturated carbocycles. The Balaban J connectivity index is 1.99. The largest absolute Gasteiger partial charge is 0.394 e. The zero-order chi connectivity index (χ0) is 14.0. The van der Waals surface area contributed by atoms with Gasteiger partial charge in [0.2, 0.25) is 0 Å². The molecule has 2 rings (SSSR count). The van der Waals surface area contributed by atoms with Gasteiger partial charge in [0.1, 0.15) is 5.82 Å². The fraction of sp³-hybridized carbons (Fsp3) is 0.786. The first-order chi connectivity index (χ1) is 8.99. The molecule has 5 heteroatoms. The third kappa shape index (κ3) is 3.21. The van der Waals surface area contributed by atoms with E-state index in [-0.39, 0.29) is 0 Å². The molecule has 3 N–H and O–H groups in total. The smallest absolute Gasteiger partial charge is 0.148 e. The molecular formula is C14H27N5. The highest BCUT2D eigenvalue weighted by Crippen LogP contribution is 2.26. The highest BCUT2D eigenvalue weighted by molar-refractivity contribution is 5.64. The second-order valence-electron chi connectivity index (χ2n) is 6.01. The van der Waals surface area contributed by atoms with E-state index in [2.05, 4.69) is 36.2 Å². The van der Waals surface area contributed by atoms with Crippen LogP contribution >= 0.6 is 0 Å². The molecular weight excluding hydrogens is 238 g/mol. The van der Waals surface area contributed by atoms with Gasteiger partial charge in [-0.3, -0.25) is 0 Å². The van der Waals surface area contributed by atoms with Gasteiger partial charge in [-0.25, -0.2) is 4.68 Å². The number of nitrogens with two attached hydrogens (primary N) is 1. The number of rotatable bonds is 4. The molecule has 108 valence electrons. The number of hydrogen-bond acceptors (Lipinski definition) is 4. The van der Waals surface area contributed by atoms with Crippen LogP contribution in [0.15, 0.2) is 0 Å². The molecule has 1 aromatic heterocycles. The molecule has 0 aliphatic carbocycles. The van der Waals surface area contributed by atoms with Gasteiger partial charge < -0.3 is 16.0 Å². The maximum atomic E-state index is 6.12. The van der Waals surface area contributed by atoms with Crippen molar-refractivity contribution in [1.82, 2.24) is 14.7 Å². The van der Waals surface area contributed by atoms with Gasteiger partial charge in [0.05, 0.1) is 11.4 Å². The molecule has 1 saturated heterocycles. The molecule has 0 radical (unpaired) electrons. The van der Waals surface area contributed by atoms with Crippen LogP contribution in [0.25, 0.3) is 0 Å². The Labute approximate surface area is 116 Å². The van der Waals surface area contributed by atoms with Gasteiger partial charge in [0, 0.05) is 12.6 Å². The van der Waals surface area contributed by atoms with Crippen LogP contribution in [0.2, 0.25) is 0 Å². The van der Waals surface area contributed by atoms with Crippen molar-refractivity contribution in [3.63, 3.8) is 0 Å². The fourth-order valence-corrected chi connectivity index (χ4v) is 2.62. The summed E-state index contributed by atoms with van der Waals surface area (Å²) >= 11 is 0. The van der Waals surface area contributed by atoms with Crippen molar-refractivity contribution >= 4 is 11.5 Å². The van der Waals surface area contributed by atoms with Crippen molar-refractivity contribution in [2.24, 2.45) is 5.92 Å². The van der Waals surface area contributed by atoms with Gasteiger partial charge in [-0.15, -0.1) is 0 Å². The Morgan fingerprint density at radius 2 is 2.00 bits per heavy atom. The van der Waals surface area contributed by atoms with Crippen molar-refractivity contribution in [2.75, 3.05) is 37.7 Å². The van der Waals surface area contributed by atoms with Gasteiger partial charge in [-0.2, -0.15) is 5.10 Å². The maximum absolute atomic E-state index is 6.12. The summed E-state index contributed by atoms with van der Waals surface area (Å²) in [5, 5.41) is 8.03. The number of nitrogen functional groups attached to an aromatic ring is 1. The molecule has 0 aromatic carbocycles. The van der Waals surface area contributed by atoms with E-state index in [1.54, 1.807) is 0 Å². The summed E-state index contributed by atoms with van der Waals surface area (Å²) in [7, 11) is 2.19. The topological polar surface area (TPSA) is 59.1 Å². The third-order valence-electron chi connectivity index (χ3n) is 4.02. The monoisotopic (exact) mass is 265 g/mol. The highest BCUT2D eigenvalue weighted by atomic mass is 15.4. The van der Waals surface area contributed by atoms with Crippen molar-refractivity contribution in [1.29, 1.82) is 0 Å². The van der Waals surface area contributed by atoms with Crippen LogP contribution in [-0.2, 0) is 0 Å². The Morgan fingerprint density at radius 3 is 2.58 bits per heavy atom. The first kappa shape index (κ1) is 14.2. The molecule has 0 unspecified atom stereocenters. The standard InChI is InChI=1S/C14H27N5/c1-10(2)19-14(13(15)11(3)17-19)16-9-12-5-7-18(4)8-6-12/h10,12,16H,5-9,15H2,1-4H3. The van der Waals surface area contributed by atoms with E-state index in [4.69, 9.17) is 5.73 Å². The SMILES string of the molecule is Cc1nn(C(C)C)c(NCC2CCN(C)CC2)c1N. The Morgan fingerprint density at radius 1 is 1.37 bits per heavy atom. The molecule has 1 fully saturated rings. The van der Waals surface area contributed by atoms with Crippen LogP contribution in [-0.4, -0.2) is 41.4 Å². The number of hydrogen-bond donors (Lipinski definition) is 2. The summed E-state index contributed by atoms with van der Waals surface area (Å²) in [6.07, 6.45) is 2.52. The number of anilines is 2. The minimum Gasteiger partial charge on any atom is -0.394 e. The number of nitrogens with zero attached hydrogens (tertiary/aromatic N) is 3. The van der Waals surface area contributed by atoms with Crippen molar-refractivity contribution in [2.45, 2.75) is 39.7 Å². The van der Waals surface area contributed by atoms with Crippen molar-refractivity contribution in [3.05, 3.63) is 5.69 Å². The predicted molar refractivity (Wildman–Crippen MR) is 80.5 cm³/mol. The van der Waals surface area contributed by atoms with E-state index in [1.165, 1.54) is 25.9 Å². The fourth-order valence-electron chi connectivity index (χ4n) is 2.62. The van der Waals surface area contributed by atoms with Gasteiger partial charge in [0.15, 0.2) is 0 Å². The lowest BCUT2D eigenvalue weighted by atomic mass is 9.97. The number of likely N-dealkylation sites (tertiary alicyclic amines) is 1. The number of piperidine rings is 1. The molecule has 2 heterocycles. The van der Waals surface area contributed by atoms with Crippen LogP contribution in [0.5, 0.6) is 0 Å². The van der Waals surface area contributed by atoms with E-state index in [1.807, 2.05) is 11.6 Å². The van der Waals surface area contributed by atoms with Crippen molar-refractivity contribution in [3.8, 4) is 0 Å². The lowest BCUT2D eigenvalue weighted by Crippen LogP contribution is -2.33. The molecule has 1 aromatic rings. The molecule has 5 nitrogen and oxygen atoms in total. The van der Waals surface area contributed by atoms with Crippen molar-refractivity contribution < 1.29 is 0 Å². The lowest BCUT2D eigenvalue weighted by Gasteiger charge is -2.29. The van der Waals surface area contributed by atoms with Crippen LogP contribution < -0.4 is 11.1 Å². The minimum atomic E-state index is 0.330. The first-order valence-corrected chi connectivity index (χ1v) is 7.26. The highest BCUT2D eigenvalue weighted by Gasteiger charge is 2.19. The van der Waals surface area contributed by atoms with E-state index >= 15 is 0 Å². The average molecular weight is 265 g/mol. The van der Waals surface area contributed by atoms with Crippen LogP contribution in [0.1, 0.15) is 38.4 Å². The zero-order valence-electron chi connectivity index (χ0n) is 12.6. The number of aryl methyl sites for hydroxylation is 1. The van der Waals surface area contributed by atoms with Gasteiger partial charge in [-0.1, -0.05) is 0 Å². The summed E-state index contributed by atoms with van der Waals surface area (Å²) in [6, 6.07) is 0.330. The zero-order valence-corrected chi connectivity index (χ0v) is 12.6. The minimum absolute atomic E-state index is 0.330. The van der Waals surface area contributed by atoms with Gasteiger partial charge >= 0.3 is 0 Å². The lowest BCUT2D eigenvalue weighted by molar-refractivity contribution is 0.226. The normalized spacial score (nSPS) is 18.2. The molecule has 19 heavy (non-hydrogen) atoms. The van der Waals surface area contributed by atoms with Gasteiger partial charge in [-0.05, 0) is 59.7 Å². The molecule has 0 bridgehead atoms. The summed E-state index contributed by atoms with van der Waals surface area (Å²) in [5.41, 5.74) is 7.83. The summed E-state index contributed by atoms with van der Waals surface area (Å²) in [4.78, 5) is 2.40. The Kier molecular flexibility index (Phi) is 4.34. The second kappa shape index (κ2) is 5.82. The molecule has 0 amide bonds. The van der Waals surface area contributed by atoms with E-state index in [0.29, 0.717) is 6.04 Å². The summed E-state index contributed by atoms with van der Waals surface area (Å²) in [5.74, 6) is 1.73. The second-order valence-corrected chi connectivity index (χ2v) is 6.01. The van der Waals surface area contributed by atoms with Crippen LogP contribution in [0.4, 0.5) is 11.5 Å². The molecule has 0 atom stereocenters. The molecule has 1 aliphatic rings. The molecule has 1 aliphatic heterocycles. The van der Waals surface area contributed by atoms with E-state index in [0.717, 1.165) is 29.7 Å². The van der Waals surface area contributed by atoms with Crippen LogP contribution in [0.3, 0.4) is 0 Å². The predicted octanol–water partition coefficient (Wildman–Crippen LogP) is 2.11. The molecule has 0 spiro atoms. The summed E-state index contributed by atoms with van der Waals surface area (Å²) < 4.78 is 2.00. The Bertz CT molecular complexity index is 416. The van der Waals surface area contributed by atoms with Crippen LogP contribution in [0, 0.1) is 12.8 Å². The number of aromatic nitrogens is 2. The van der Waals surface area contributed by atoms with E-state index in [9.17, 15) is 0 Å². The van der Waals surface area contributed by atoms with Gasteiger partial charge in [0.25, 0.3) is 0 Å². The first-order valence-electron chi connectivity index (χ1n) is 7.26. The number of nitrogens with one attached hydrogen (secondary N) is 1.